The van der Waals surface area contributed by atoms with Crippen molar-refractivity contribution in [1.82, 2.24) is 9.80 Å². The lowest BCUT2D eigenvalue weighted by Crippen LogP contribution is -2.37. The molecule has 2 fully saturated rings. The Balaban J connectivity index is 1.56. The zero-order valence-electron chi connectivity index (χ0n) is 14.8. The van der Waals surface area contributed by atoms with E-state index in [4.69, 9.17) is 4.74 Å². The van der Waals surface area contributed by atoms with Crippen LogP contribution in [0, 0.1) is 0 Å². The van der Waals surface area contributed by atoms with E-state index >= 15 is 0 Å². The molecule has 142 valence electrons. The van der Waals surface area contributed by atoms with Crippen LogP contribution >= 0.6 is 0 Å². The van der Waals surface area contributed by atoms with Gasteiger partial charge < -0.3 is 14.5 Å². The molecule has 3 rings (SSSR count). The van der Waals surface area contributed by atoms with Crippen LogP contribution < -0.4 is 4.90 Å². The van der Waals surface area contributed by atoms with Crippen molar-refractivity contribution in [2.75, 3.05) is 38.2 Å². The molecule has 0 spiro atoms. The zero-order chi connectivity index (χ0) is 19.6. The number of esters is 1. The molecule has 2 aliphatic heterocycles. The molecule has 9 nitrogen and oxygen atoms in total. The summed E-state index contributed by atoms with van der Waals surface area (Å²) in [4.78, 5) is 62.9. The third-order valence-corrected chi connectivity index (χ3v) is 4.44. The number of hydrogen-bond donors (Lipinski definition) is 0. The summed E-state index contributed by atoms with van der Waals surface area (Å²) in [6, 6.07) is 5.98. The van der Waals surface area contributed by atoms with Gasteiger partial charge in [-0.2, -0.15) is 0 Å². The van der Waals surface area contributed by atoms with Gasteiger partial charge in [0, 0.05) is 31.3 Å². The number of benzene rings is 1. The molecule has 9 heteroatoms. The number of nitrogens with zero attached hydrogens (tertiary/aromatic N) is 3. The first-order valence-corrected chi connectivity index (χ1v) is 8.51. The summed E-state index contributed by atoms with van der Waals surface area (Å²) in [6.07, 6.45) is 1.26. The average molecular weight is 373 g/mol. The predicted octanol–water partition coefficient (Wildman–Crippen LogP) is 0.433. The summed E-state index contributed by atoms with van der Waals surface area (Å²) in [5.41, 5.74) is 0.944. The van der Waals surface area contributed by atoms with Crippen molar-refractivity contribution in [3.8, 4) is 0 Å². The minimum atomic E-state index is -0.841. The monoisotopic (exact) mass is 373 g/mol. The number of imide groups is 1. The Morgan fingerprint density at radius 2 is 1.93 bits per heavy atom. The fourth-order valence-electron chi connectivity index (χ4n) is 3.00. The van der Waals surface area contributed by atoms with Crippen LogP contribution in [0.25, 0.3) is 0 Å². The predicted molar refractivity (Wildman–Crippen MR) is 93.1 cm³/mol. The second-order valence-corrected chi connectivity index (χ2v) is 6.40. The summed E-state index contributed by atoms with van der Waals surface area (Å²) >= 11 is 0. The summed E-state index contributed by atoms with van der Waals surface area (Å²) < 4.78 is 4.90. The highest BCUT2D eigenvalue weighted by molar-refractivity contribution is 6.04. The van der Waals surface area contributed by atoms with Gasteiger partial charge in [-0.1, -0.05) is 12.1 Å². The summed E-state index contributed by atoms with van der Waals surface area (Å²) in [5.74, 6) is -1.76. The average Bonchev–Trinajstić information content (AvgIpc) is 3.18. The van der Waals surface area contributed by atoms with Crippen LogP contribution in [0.4, 0.5) is 10.5 Å². The van der Waals surface area contributed by atoms with Gasteiger partial charge in [0.15, 0.2) is 12.4 Å². The normalized spacial score (nSPS) is 17.1. The van der Waals surface area contributed by atoms with Crippen LogP contribution in [0.1, 0.15) is 23.2 Å². The van der Waals surface area contributed by atoms with E-state index in [1.165, 1.54) is 11.9 Å². The third kappa shape index (κ3) is 3.97. The smallest absolute Gasteiger partial charge is 0.327 e. The van der Waals surface area contributed by atoms with Gasteiger partial charge in [-0.05, 0) is 18.6 Å². The molecule has 2 aliphatic rings. The molecule has 0 atom stereocenters. The Morgan fingerprint density at radius 3 is 2.56 bits per heavy atom. The molecule has 0 aliphatic carbocycles. The first kappa shape index (κ1) is 18.6. The number of anilines is 1. The zero-order valence-corrected chi connectivity index (χ0v) is 14.8. The number of ether oxygens (including phenoxy) is 1. The standard InChI is InChI=1S/C18H19N3O6/c1-19-9-16(24)21(18(19)26)10-17(25)27-11-14(22)12-4-2-5-13(8-12)20-7-3-6-15(20)23/h2,4-5,8H,3,6-7,9-11H2,1H3. The molecule has 2 saturated heterocycles. The molecule has 1 aromatic carbocycles. The van der Waals surface area contributed by atoms with Crippen LogP contribution in [0.2, 0.25) is 0 Å². The SMILES string of the molecule is CN1CC(=O)N(CC(=O)OCC(=O)c2cccc(N3CCCC3=O)c2)C1=O. The highest BCUT2D eigenvalue weighted by Gasteiger charge is 2.35. The molecule has 0 saturated carbocycles. The van der Waals surface area contributed by atoms with Gasteiger partial charge in [0.1, 0.15) is 13.1 Å². The summed E-state index contributed by atoms with van der Waals surface area (Å²) in [5, 5.41) is 0. The molecule has 1 aromatic rings. The van der Waals surface area contributed by atoms with Crippen LogP contribution in [0.5, 0.6) is 0 Å². The van der Waals surface area contributed by atoms with E-state index in [0.29, 0.717) is 24.2 Å². The fourth-order valence-corrected chi connectivity index (χ4v) is 3.00. The number of Topliss-reactive ketones (excluding diaryl/α,β-unsaturated/α-hetero) is 1. The maximum absolute atomic E-state index is 12.3. The van der Waals surface area contributed by atoms with E-state index in [1.54, 1.807) is 29.2 Å². The molecule has 4 amide bonds. The summed E-state index contributed by atoms with van der Waals surface area (Å²) in [6.45, 7) is -0.523. The van der Waals surface area contributed by atoms with Crippen molar-refractivity contribution in [3.63, 3.8) is 0 Å². The Labute approximate surface area is 155 Å². The van der Waals surface area contributed by atoms with Crippen LogP contribution in [0.15, 0.2) is 24.3 Å². The number of carbonyl (C=O) groups is 5. The molecular formula is C18H19N3O6. The molecule has 0 radical (unpaired) electrons. The molecule has 0 N–H and O–H groups in total. The Kier molecular flexibility index (Phi) is 5.20. The lowest BCUT2D eigenvalue weighted by Gasteiger charge is -2.16. The second-order valence-electron chi connectivity index (χ2n) is 6.40. The van der Waals surface area contributed by atoms with Crippen molar-refractivity contribution < 1.29 is 28.7 Å². The van der Waals surface area contributed by atoms with Crippen LogP contribution in [-0.4, -0.2) is 72.7 Å². The lowest BCUT2D eigenvalue weighted by atomic mass is 10.1. The number of hydrogen-bond acceptors (Lipinski definition) is 6. The Hall–Kier alpha value is -3.23. The van der Waals surface area contributed by atoms with Crippen LogP contribution in [-0.2, 0) is 19.1 Å². The minimum absolute atomic E-state index is 0.0101. The van der Waals surface area contributed by atoms with Gasteiger partial charge in [0.05, 0.1) is 0 Å². The highest BCUT2D eigenvalue weighted by atomic mass is 16.5. The lowest BCUT2D eigenvalue weighted by molar-refractivity contribution is -0.145. The second kappa shape index (κ2) is 7.56. The van der Waals surface area contributed by atoms with E-state index in [9.17, 15) is 24.0 Å². The molecule has 27 heavy (non-hydrogen) atoms. The molecule has 2 heterocycles. The highest BCUT2D eigenvalue weighted by Crippen LogP contribution is 2.22. The number of ketones is 1. The third-order valence-electron chi connectivity index (χ3n) is 4.44. The van der Waals surface area contributed by atoms with E-state index in [0.717, 1.165) is 11.3 Å². The maximum atomic E-state index is 12.3. The van der Waals surface area contributed by atoms with Gasteiger partial charge >= 0.3 is 12.0 Å². The number of likely N-dealkylation sites (N-methyl/N-ethyl adjacent to an activating group) is 1. The topological polar surface area (TPSA) is 104 Å². The van der Waals surface area contributed by atoms with E-state index < -0.39 is 36.8 Å². The molecule has 0 aromatic heterocycles. The minimum Gasteiger partial charge on any atom is -0.456 e. The maximum Gasteiger partial charge on any atom is 0.327 e. The van der Waals surface area contributed by atoms with Gasteiger partial charge in [0.2, 0.25) is 5.91 Å². The molecule has 0 unspecified atom stereocenters. The van der Waals surface area contributed by atoms with Gasteiger partial charge in [-0.25, -0.2) is 4.79 Å². The summed E-state index contributed by atoms with van der Waals surface area (Å²) in [7, 11) is 1.45. The fraction of sp³-hybridized carbons (Fsp3) is 0.389. The van der Waals surface area contributed by atoms with E-state index in [1.807, 2.05) is 0 Å². The van der Waals surface area contributed by atoms with Crippen molar-refractivity contribution >= 4 is 35.3 Å². The largest absolute Gasteiger partial charge is 0.456 e. The number of amides is 4. The Bertz CT molecular complexity index is 821. The number of rotatable bonds is 6. The number of carbonyl (C=O) groups excluding carboxylic acids is 5. The van der Waals surface area contributed by atoms with Crippen molar-refractivity contribution in [3.05, 3.63) is 29.8 Å². The first-order chi connectivity index (χ1) is 12.9. The molecule has 0 bridgehead atoms. The van der Waals surface area contributed by atoms with E-state index in [2.05, 4.69) is 0 Å². The quantitative estimate of drug-likeness (QED) is 0.407. The van der Waals surface area contributed by atoms with Crippen molar-refractivity contribution in [1.29, 1.82) is 0 Å². The number of urea groups is 1. The first-order valence-electron chi connectivity index (χ1n) is 8.51. The van der Waals surface area contributed by atoms with Crippen molar-refractivity contribution in [2.24, 2.45) is 0 Å². The van der Waals surface area contributed by atoms with Gasteiger partial charge in [-0.3, -0.25) is 24.1 Å². The van der Waals surface area contributed by atoms with Gasteiger partial charge in [0.25, 0.3) is 5.91 Å². The van der Waals surface area contributed by atoms with Crippen molar-refractivity contribution in [2.45, 2.75) is 12.8 Å². The van der Waals surface area contributed by atoms with E-state index in [-0.39, 0.29) is 12.5 Å². The Morgan fingerprint density at radius 1 is 1.15 bits per heavy atom. The van der Waals surface area contributed by atoms with Gasteiger partial charge in [-0.15, -0.1) is 0 Å². The molecular weight excluding hydrogens is 354 g/mol. The van der Waals surface area contributed by atoms with Crippen LogP contribution in [0.3, 0.4) is 0 Å².